The van der Waals surface area contributed by atoms with Gasteiger partial charge >= 0.3 is 6.03 Å². The maximum absolute atomic E-state index is 13.6. The minimum atomic E-state index is -0.293. The molecule has 2 atom stereocenters. The predicted molar refractivity (Wildman–Crippen MR) is 120 cm³/mol. The SMILES string of the molecule is Cc1cccc(NC(=O)N2CCCC(C(=O)NCC(c3cccc(F)c3)N(C)C)C2)c1. The molecule has 1 aliphatic rings. The van der Waals surface area contributed by atoms with E-state index in [-0.39, 0.29) is 29.7 Å². The van der Waals surface area contributed by atoms with Crippen molar-refractivity contribution < 1.29 is 14.0 Å². The Morgan fingerprint density at radius 1 is 1.19 bits per heavy atom. The minimum Gasteiger partial charge on any atom is -0.354 e. The lowest BCUT2D eigenvalue weighted by molar-refractivity contribution is -0.126. The first kappa shape index (κ1) is 22.7. The van der Waals surface area contributed by atoms with E-state index < -0.39 is 0 Å². The van der Waals surface area contributed by atoms with Crippen molar-refractivity contribution in [2.75, 3.05) is 39.0 Å². The zero-order valence-corrected chi connectivity index (χ0v) is 18.4. The molecule has 6 nitrogen and oxygen atoms in total. The van der Waals surface area contributed by atoms with E-state index in [0.717, 1.165) is 29.7 Å². The maximum Gasteiger partial charge on any atom is 0.321 e. The van der Waals surface area contributed by atoms with E-state index in [0.29, 0.717) is 19.6 Å². The number of likely N-dealkylation sites (N-methyl/N-ethyl adjacent to an activating group) is 1. The Kier molecular flexibility index (Phi) is 7.63. The number of benzene rings is 2. The normalized spacial score (nSPS) is 17.3. The van der Waals surface area contributed by atoms with Gasteiger partial charge in [-0.2, -0.15) is 0 Å². The summed E-state index contributed by atoms with van der Waals surface area (Å²) in [6.07, 6.45) is 1.52. The van der Waals surface area contributed by atoms with Crippen LogP contribution in [-0.4, -0.2) is 55.5 Å². The van der Waals surface area contributed by atoms with Crippen molar-refractivity contribution in [2.45, 2.75) is 25.8 Å². The molecule has 0 saturated carbocycles. The molecule has 0 aliphatic carbocycles. The Morgan fingerprint density at radius 3 is 2.68 bits per heavy atom. The van der Waals surface area contributed by atoms with Gasteiger partial charge in [0, 0.05) is 25.3 Å². The number of amides is 3. The molecule has 0 radical (unpaired) electrons. The second-order valence-electron chi connectivity index (χ2n) is 8.36. The molecule has 0 aromatic heterocycles. The van der Waals surface area contributed by atoms with Crippen LogP contribution in [0.25, 0.3) is 0 Å². The van der Waals surface area contributed by atoms with E-state index >= 15 is 0 Å². The molecule has 2 unspecified atom stereocenters. The summed E-state index contributed by atoms with van der Waals surface area (Å²) < 4.78 is 13.6. The number of carbonyl (C=O) groups excluding carboxylic acids is 2. The summed E-state index contributed by atoms with van der Waals surface area (Å²) in [6, 6.07) is 13.8. The Bertz CT molecular complexity index is 918. The second kappa shape index (κ2) is 10.4. The van der Waals surface area contributed by atoms with Gasteiger partial charge in [0.1, 0.15) is 5.82 Å². The summed E-state index contributed by atoms with van der Waals surface area (Å²) >= 11 is 0. The highest BCUT2D eigenvalue weighted by Crippen LogP contribution is 2.21. The lowest BCUT2D eigenvalue weighted by atomic mass is 9.97. The standard InChI is InChI=1S/C24H31FN4O2/c1-17-7-4-11-21(13-17)27-24(31)29-12-6-9-19(16-29)23(30)26-15-22(28(2)3)18-8-5-10-20(25)14-18/h4-5,7-8,10-11,13-14,19,22H,6,9,12,15-16H2,1-3H3,(H,26,30)(H,27,31). The number of piperidine rings is 1. The number of hydrogen-bond donors (Lipinski definition) is 2. The van der Waals surface area contributed by atoms with Gasteiger partial charge in [-0.05, 0) is 69.3 Å². The van der Waals surface area contributed by atoms with Gasteiger partial charge < -0.3 is 20.4 Å². The Balaban J connectivity index is 1.56. The highest BCUT2D eigenvalue weighted by Gasteiger charge is 2.29. The quantitative estimate of drug-likeness (QED) is 0.739. The number of carbonyl (C=O) groups is 2. The van der Waals surface area contributed by atoms with Gasteiger partial charge in [-0.25, -0.2) is 9.18 Å². The third-order valence-electron chi connectivity index (χ3n) is 5.68. The first-order valence-electron chi connectivity index (χ1n) is 10.7. The molecule has 1 fully saturated rings. The molecule has 2 N–H and O–H groups in total. The van der Waals surface area contributed by atoms with Gasteiger partial charge in [0.15, 0.2) is 0 Å². The van der Waals surface area contributed by atoms with E-state index in [1.165, 1.54) is 12.1 Å². The third kappa shape index (κ3) is 6.28. The van der Waals surface area contributed by atoms with Crippen LogP contribution in [0.4, 0.5) is 14.9 Å². The molecule has 2 aromatic rings. The van der Waals surface area contributed by atoms with Crippen molar-refractivity contribution in [3.8, 4) is 0 Å². The van der Waals surface area contributed by atoms with Crippen LogP contribution in [0.2, 0.25) is 0 Å². The number of likely N-dealkylation sites (tertiary alicyclic amines) is 1. The second-order valence-corrected chi connectivity index (χ2v) is 8.36. The average molecular weight is 427 g/mol. The van der Waals surface area contributed by atoms with E-state index in [2.05, 4.69) is 10.6 Å². The summed E-state index contributed by atoms with van der Waals surface area (Å²) in [5.41, 5.74) is 2.64. The average Bonchev–Trinajstić information content (AvgIpc) is 2.73. The lowest BCUT2D eigenvalue weighted by Gasteiger charge is -2.33. The van der Waals surface area contributed by atoms with Gasteiger partial charge in [-0.15, -0.1) is 0 Å². The van der Waals surface area contributed by atoms with Crippen LogP contribution in [0.15, 0.2) is 48.5 Å². The number of nitrogens with zero attached hydrogens (tertiary/aromatic N) is 2. The van der Waals surface area contributed by atoms with Crippen molar-refractivity contribution in [3.63, 3.8) is 0 Å². The van der Waals surface area contributed by atoms with E-state index in [4.69, 9.17) is 0 Å². The predicted octanol–water partition coefficient (Wildman–Crippen LogP) is 3.80. The summed E-state index contributed by atoms with van der Waals surface area (Å²) in [4.78, 5) is 29.1. The molecule has 3 amide bonds. The van der Waals surface area contributed by atoms with Crippen molar-refractivity contribution in [2.24, 2.45) is 5.92 Å². The van der Waals surface area contributed by atoms with Gasteiger partial charge in [0.2, 0.25) is 5.91 Å². The molecule has 166 valence electrons. The van der Waals surface area contributed by atoms with Crippen LogP contribution < -0.4 is 10.6 Å². The highest BCUT2D eigenvalue weighted by molar-refractivity contribution is 5.90. The molecule has 1 heterocycles. The smallest absolute Gasteiger partial charge is 0.321 e. The van der Waals surface area contributed by atoms with Crippen LogP contribution in [0.5, 0.6) is 0 Å². The minimum absolute atomic E-state index is 0.0729. The van der Waals surface area contributed by atoms with Crippen molar-refractivity contribution in [3.05, 3.63) is 65.5 Å². The van der Waals surface area contributed by atoms with Gasteiger partial charge in [0.25, 0.3) is 0 Å². The number of nitrogens with one attached hydrogen (secondary N) is 2. The van der Waals surface area contributed by atoms with Crippen molar-refractivity contribution in [1.82, 2.24) is 15.1 Å². The summed E-state index contributed by atoms with van der Waals surface area (Å²) in [7, 11) is 3.80. The Hall–Kier alpha value is -2.93. The molecule has 7 heteroatoms. The summed E-state index contributed by atoms with van der Waals surface area (Å²) in [5.74, 6) is -0.623. The number of urea groups is 1. The van der Waals surface area contributed by atoms with Gasteiger partial charge in [-0.1, -0.05) is 24.3 Å². The van der Waals surface area contributed by atoms with Crippen molar-refractivity contribution in [1.29, 1.82) is 0 Å². The summed E-state index contributed by atoms with van der Waals surface area (Å²) in [5, 5.41) is 5.92. The van der Waals surface area contributed by atoms with Crippen molar-refractivity contribution >= 4 is 17.6 Å². The molecular weight excluding hydrogens is 395 g/mol. The van der Waals surface area contributed by atoms with Crippen LogP contribution in [0.1, 0.15) is 30.0 Å². The zero-order valence-electron chi connectivity index (χ0n) is 18.4. The molecule has 3 rings (SSSR count). The largest absolute Gasteiger partial charge is 0.354 e. The molecular formula is C24H31FN4O2. The topological polar surface area (TPSA) is 64.7 Å². The fraction of sp³-hybridized carbons (Fsp3) is 0.417. The molecule has 1 aliphatic heterocycles. The molecule has 0 bridgehead atoms. The van der Waals surface area contributed by atoms with E-state index in [1.54, 1.807) is 11.0 Å². The molecule has 0 spiro atoms. The Morgan fingerprint density at radius 2 is 1.97 bits per heavy atom. The fourth-order valence-corrected chi connectivity index (χ4v) is 3.95. The van der Waals surface area contributed by atoms with E-state index in [1.807, 2.05) is 56.3 Å². The zero-order chi connectivity index (χ0) is 22.4. The molecule has 31 heavy (non-hydrogen) atoms. The highest BCUT2D eigenvalue weighted by atomic mass is 19.1. The number of anilines is 1. The molecule has 2 aromatic carbocycles. The summed E-state index contributed by atoms with van der Waals surface area (Å²) in [6.45, 7) is 3.37. The van der Waals surface area contributed by atoms with E-state index in [9.17, 15) is 14.0 Å². The van der Waals surface area contributed by atoms with Crippen LogP contribution >= 0.6 is 0 Å². The number of hydrogen-bond acceptors (Lipinski definition) is 3. The lowest BCUT2D eigenvalue weighted by Crippen LogP contribution is -2.47. The number of rotatable bonds is 6. The third-order valence-corrected chi connectivity index (χ3v) is 5.68. The number of halogens is 1. The first-order valence-corrected chi connectivity index (χ1v) is 10.7. The van der Waals surface area contributed by atoms with Crippen LogP contribution in [-0.2, 0) is 4.79 Å². The fourth-order valence-electron chi connectivity index (χ4n) is 3.95. The van der Waals surface area contributed by atoms with Crippen LogP contribution in [0, 0.1) is 18.7 Å². The van der Waals surface area contributed by atoms with Gasteiger partial charge in [-0.3, -0.25) is 4.79 Å². The molecule has 1 saturated heterocycles. The maximum atomic E-state index is 13.6. The van der Waals surface area contributed by atoms with Crippen LogP contribution in [0.3, 0.4) is 0 Å². The monoisotopic (exact) mass is 426 g/mol. The first-order chi connectivity index (χ1) is 14.8. The Labute approximate surface area is 183 Å². The van der Waals surface area contributed by atoms with Gasteiger partial charge in [0.05, 0.1) is 12.0 Å². The number of aryl methyl sites for hydroxylation is 1.